The van der Waals surface area contributed by atoms with Crippen LogP contribution < -0.4 is 0 Å². The standard InChI is InChI=1S/C22H24N2/c1-2-10-16-20-19(15-9-1)21(17-11-5-3-6-12-17)23-24-22(20)18-13-7-4-8-14-18/h3-8,11-13,18H,1-2,9-10,14-16H2. The fraction of sp³-hybridized carbons (Fsp3) is 0.364. The number of hydrogen-bond donors (Lipinski definition) is 0. The molecule has 0 bridgehead atoms. The van der Waals surface area contributed by atoms with Crippen molar-refractivity contribution in [3.05, 3.63) is 71.5 Å². The summed E-state index contributed by atoms with van der Waals surface area (Å²) in [4.78, 5) is 0. The molecule has 0 radical (unpaired) electrons. The maximum absolute atomic E-state index is 4.73. The van der Waals surface area contributed by atoms with Crippen molar-refractivity contribution in [2.75, 3.05) is 0 Å². The Balaban J connectivity index is 1.84. The second-order valence-corrected chi connectivity index (χ2v) is 6.83. The number of benzene rings is 1. The van der Waals surface area contributed by atoms with Gasteiger partial charge in [-0.2, -0.15) is 5.10 Å². The van der Waals surface area contributed by atoms with Gasteiger partial charge >= 0.3 is 0 Å². The predicted octanol–water partition coefficient (Wildman–Crippen LogP) is 5.40. The largest absolute Gasteiger partial charge is 0.154 e. The molecule has 0 aliphatic heterocycles. The van der Waals surface area contributed by atoms with Gasteiger partial charge in [0.25, 0.3) is 0 Å². The summed E-state index contributed by atoms with van der Waals surface area (Å²) in [7, 11) is 0. The normalized spacial score (nSPS) is 20.2. The van der Waals surface area contributed by atoms with E-state index in [-0.39, 0.29) is 0 Å². The number of nitrogens with zero attached hydrogens (tertiary/aromatic N) is 2. The van der Waals surface area contributed by atoms with Crippen LogP contribution >= 0.6 is 0 Å². The van der Waals surface area contributed by atoms with Crippen LogP contribution in [-0.4, -0.2) is 10.2 Å². The Labute approximate surface area is 144 Å². The molecule has 0 saturated carbocycles. The summed E-state index contributed by atoms with van der Waals surface area (Å²) < 4.78 is 0. The summed E-state index contributed by atoms with van der Waals surface area (Å²) in [5.74, 6) is 0.389. The summed E-state index contributed by atoms with van der Waals surface area (Å²) in [5, 5.41) is 9.43. The number of aromatic nitrogens is 2. The first-order valence-corrected chi connectivity index (χ1v) is 9.20. The lowest BCUT2D eigenvalue weighted by molar-refractivity contribution is 0.603. The quantitative estimate of drug-likeness (QED) is 0.741. The predicted molar refractivity (Wildman–Crippen MR) is 99.0 cm³/mol. The Morgan fingerprint density at radius 1 is 0.792 bits per heavy atom. The molecule has 2 nitrogen and oxygen atoms in total. The average Bonchev–Trinajstić information content (AvgIpc) is 2.63. The molecule has 24 heavy (non-hydrogen) atoms. The lowest BCUT2D eigenvalue weighted by Gasteiger charge is -2.23. The Bertz CT molecular complexity index is 759. The lowest BCUT2D eigenvalue weighted by atomic mass is 9.85. The van der Waals surface area contributed by atoms with Crippen molar-refractivity contribution in [1.29, 1.82) is 0 Å². The van der Waals surface area contributed by atoms with E-state index in [9.17, 15) is 0 Å². The molecular formula is C22H24N2. The van der Waals surface area contributed by atoms with Crippen LogP contribution in [0.1, 0.15) is 54.8 Å². The number of rotatable bonds is 2. The van der Waals surface area contributed by atoms with Crippen LogP contribution in [0.3, 0.4) is 0 Å². The molecule has 4 rings (SSSR count). The van der Waals surface area contributed by atoms with Gasteiger partial charge in [0, 0.05) is 11.5 Å². The monoisotopic (exact) mass is 316 g/mol. The van der Waals surface area contributed by atoms with Gasteiger partial charge in [0.15, 0.2) is 0 Å². The fourth-order valence-electron chi connectivity index (χ4n) is 3.94. The molecule has 1 aromatic heterocycles. The summed E-state index contributed by atoms with van der Waals surface area (Å²) in [5.41, 5.74) is 6.45. The van der Waals surface area contributed by atoms with E-state index in [2.05, 4.69) is 54.6 Å². The van der Waals surface area contributed by atoms with Crippen LogP contribution in [0.4, 0.5) is 0 Å². The van der Waals surface area contributed by atoms with E-state index in [1.807, 2.05) is 0 Å². The molecule has 2 aliphatic carbocycles. The van der Waals surface area contributed by atoms with Gasteiger partial charge in [-0.1, -0.05) is 67.5 Å². The third kappa shape index (κ3) is 3.06. The van der Waals surface area contributed by atoms with Crippen LogP contribution in [0.5, 0.6) is 0 Å². The molecule has 0 spiro atoms. The fourth-order valence-corrected chi connectivity index (χ4v) is 3.94. The Morgan fingerprint density at radius 2 is 1.58 bits per heavy atom. The molecule has 0 N–H and O–H groups in total. The first-order valence-electron chi connectivity index (χ1n) is 9.20. The molecule has 0 amide bonds. The second kappa shape index (κ2) is 7.12. The molecule has 122 valence electrons. The number of allylic oxidation sites excluding steroid dienone is 4. The second-order valence-electron chi connectivity index (χ2n) is 6.83. The van der Waals surface area contributed by atoms with Gasteiger partial charge in [-0.05, 0) is 43.2 Å². The lowest BCUT2D eigenvalue weighted by Crippen LogP contribution is -2.13. The molecule has 1 heterocycles. The molecule has 2 aromatic rings. The minimum atomic E-state index is 0.389. The van der Waals surface area contributed by atoms with Crippen molar-refractivity contribution in [3.8, 4) is 11.3 Å². The average molecular weight is 316 g/mol. The first-order chi connectivity index (χ1) is 11.9. The first kappa shape index (κ1) is 15.3. The van der Waals surface area contributed by atoms with Gasteiger partial charge in [0.1, 0.15) is 0 Å². The molecule has 2 heteroatoms. The van der Waals surface area contributed by atoms with E-state index in [1.165, 1.54) is 48.1 Å². The van der Waals surface area contributed by atoms with Crippen molar-refractivity contribution in [3.63, 3.8) is 0 Å². The van der Waals surface area contributed by atoms with Crippen molar-refractivity contribution in [1.82, 2.24) is 10.2 Å². The van der Waals surface area contributed by atoms with E-state index in [0.717, 1.165) is 25.0 Å². The van der Waals surface area contributed by atoms with Crippen LogP contribution in [0.15, 0.2) is 54.6 Å². The van der Waals surface area contributed by atoms with Crippen LogP contribution in [0, 0.1) is 0 Å². The third-order valence-electron chi connectivity index (χ3n) is 5.20. The minimum Gasteiger partial charge on any atom is -0.154 e. The molecule has 1 atom stereocenters. The van der Waals surface area contributed by atoms with E-state index in [1.54, 1.807) is 0 Å². The molecule has 1 aromatic carbocycles. The van der Waals surface area contributed by atoms with Crippen molar-refractivity contribution in [2.45, 2.75) is 50.9 Å². The summed E-state index contributed by atoms with van der Waals surface area (Å²) >= 11 is 0. The van der Waals surface area contributed by atoms with Crippen LogP contribution in [0.25, 0.3) is 11.3 Å². The highest BCUT2D eigenvalue weighted by Crippen LogP contribution is 2.34. The van der Waals surface area contributed by atoms with Gasteiger partial charge in [-0.25, -0.2) is 0 Å². The van der Waals surface area contributed by atoms with Crippen molar-refractivity contribution in [2.24, 2.45) is 0 Å². The zero-order chi connectivity index (χ0) is 16.2. The molecular weight excluding hydrogens is 292 g/mol. The molecule has 1 unspecified atom stereocenters. The third-order valence-corrected chi connectivity index (χ3v) is 5.20. The highest BCUT2D eigenvalue weighted by molar-refractivity contribution is 5.65. The van der Waals surface area contributed by atoms with Crippen LogP contribution in [0.2, 0.25) is 0 Å². The van der Waals surface area contributed by atoms with Gasteiger partial charge in [0.2, 0.25) is 0 Å². The van der Waals surface area contributed by atoms with Crippen molar-refractivity contribution >= 4 is 0 Å². The summed E-state index contributed by atoms with van der Waals surface area (Å²) in [6, 6.07) is 10.6. The van der Waals surface area contributed by atoms with E-state index in [4.69, 9.17) is 10.2 Å². The maximum Gasteiger partial charge on any atom is 0.0964 e. The number of hydrogen-bond acceptors (Lipinski definition) is 2. The highest BCUT2D eigenvalue weighted by Gasteiger charge is 2.22. The Hall–Kier alpha value is -2.22. The highest BCUT2D eigenvalue weighted by atomic mass is 15.1. The Morgan fingerprint density at radius 3 is 2.33 bits per heavy atom. The maximum atomic E-state index is 4.73. The van der Waals surface area contributed by atoms with E-state index >= 15 is 0 Å². The zero-order valence-corrected chi connectivity index (χ0v) is 14.1. The van der Waals surface area contributed by atoms with Crippen LogP contribution in [-0.2, 0) is 12.8 Å². The van der Waals surface area contributed by atoms with Crippen molar-refractivity contribution < 1.29 is 0 Å². The molecule has 2 aliphatic rings. The minimum absolute atomic E-state index is 0.389. The molecule has 0 saturated heterocycles. The summed E-state index contributed by atoms with van der Waals surface area (Å²) in [6.07, 6.45) is 17.3. The van der Waals surface area contributed by atoms with E-state index in [0.29, 0.717) is 5.92 Å². The van der Waals surface area contributed by atoms with E-state index < -0.39 is 0 Å². The topological polar surface area (TPSA) is 25.8 Å². The van der Waals surface area contributed by atoms with Gasteiger partial charge in [0.05, 0.1) is 11.4 Å². The zero-order valence-electron chi connectivity index (χ0n) is 14.1. The van der Waals surface area contributed by atoms with Gasteiger partial charge in [-0.15, -0.1) is 5.10 Å². The summed E-state index contributed by atoms with van der Waals surface area (Å²) in [6.45, 7) is 0. The Kier molecular flexibility index (Phi) is 4.55. The smallest absolute Gasteiger partial charge is 0.0964 e. The van der Waals surface area contributed by atoms with Gasteiger partial charge in [-0.3, -0.25) is 0 Å². The molecule has 0 fully saturated rings. The number of fused-ring (bicyclic) bond motifs is 1. The van der Waals surface area contributed by atoms with Gasteiger partial charge < -0.3 is 0 Å². The SMILES string of the molecule is C1=CCC(c2nnc(-c3ccccc3)c3c2CCCCCC3)C=C1.